The van der Waals surface area contributed by atoms with Gasteiger partial charge in [0.1, 0.15) is 11.5 Å². The van der Waals surface area contributed by atoms with E-state index in [0.29, 0.717) is 38.5 Å². The summed E-state index contributed by atoms with van der Waals surface area (Å²) >= 11 is 11.2. The highest BCUT2D eigenvalue weighted by atomic mass is 35.5. The van der Waals surface area contributed by atoms with Crippen molar-refractivity contribution in [3.8, 4) is 11.5 Å². The largest absolute Gasteiger partial charge is 0.497 e. The number of ether oxygens (including phenoxy) is 2. The number of hydrazone groups is 1. The first-order chi connectivity index (χ1) is 14.4. The van der Waals surface area contributed by atoms with Crippen molar-refractivity contribution in [1.29, 1.82) is 0 Å². The number of carbonyl (C=O) groups excluding carboxylic acids is 1. The maximum absolute atomic E-state index is 12.9. The van der Waals surface area contributed by atoms with Crippen molar-refractivity contribution in [2.75, 3.05) is 14.2 Å². The fourth-order valence-corrected chi connectivity index (χ4v) is 3.44. The molecule has 1 amide bonds. The molecule has 1 heterocycles. The maximum Gasteiger partial charge on any atom is 0.271 e. The second kappa shape index (κ2) is 9.60. The van der Waals surface area contributed by atoms with Crippen LogP contribution in [0, 0.1) is 0 Å². The van der Waals surface area contributed by atoms with Gasteiger partial charge in [-0.1, -0.05) is 23.7 Å². The van der Waals surface area contributed by atoms with Gasteiger partial charge in [0.2, 0.25) is 0 Å². The van der Waals surface area contributed by atoms with E-state index in [4.69, 9.17) is 33.3 Å². The van der Waals surface area contributed by atoms with Crippen LogP contribution in [0.15, 0.2) is 58.8 Å². The number of amides is 1. The molecule has 1 aliphatic rings. The smallest absolute Gasteiger partial charge is 0.271 e. The maximum atomic E-state index is 12.9. The number of allylic oxidation sites excluding steroid dienone is 1. The minimum Gasteiger partial charge on any atom is -0.497 e. The molecule has 0 saturated heterocycles. The number of nitrogens with zero attached hydrogens (tertiary/aromatic N) is 1. The Labute approximate surface area is 185 Å². The molecule has 9 heteroatoms. The van der Waals surface area contributed by atoms with E-state index in [9.17, 15) is 4.79 Å². The van der Waals surface area contributed by atoms with Gasteiger partial charge < -0.3 is 20.1 Å². The van der Waals surface area contributed by atoms with Gasteiger partial charge in [-0.2, -0.15) is 5.10 Å². The second-order valence-corrected chi connectivity index (χ2v) is 7.27. The highest BCUT2D eigenvalue weighted by Gasteiger charge is 2.29. The number of thiocarbonyl (C=S) groups is 1. The Bertz CT molecular complexity index is 1020. The van der Waals surface area contributed by atoms with Crippen molar-refractivity contribution in [3.63, 3.8) is 0 Å². The van der Waals surface area contributed by atoms with E-state index in [2.05, 4.69) is 21.2 Å². The molecular formula is C21H21ClN4O3S. The second-order valence-electron chi connectivity index (χ2n) is 6.43. The molecule has 2 aromatic carbocycles. The Morgan fingerprint density at radius 1 is 1.20 bits per heavy atom. The predicted octanol–water partition coefficient (Wildman–Crippen LogP) is 3.30. The lowest BCUT2D eigenvalue weighted by Crippen LogP contribution is -2.46. The van der Waals surface area contributed by atoms with Crippen LogP contribution in [0.4, 0.5) is 0 Å². The van der Waals surface area contributed by atoms with Gasteiger partial charge in [-0.3, -0.25) is 4.79 Å². The van der Waals surface area contributed by atoms with Gasteiger partial charge in [0.25, 0.3) is 5.91 Å². The number of rotatable bonds is 6. The minimum absolute atomic E-state index is 0.362. The van der Waals surface area contributed by atoms with E-state index in [0.717, 1.165) is 5.56 Å². The standard InChI is InChI=1S/C21H21ClN4O3S/c1-12-18(19(25-21(30)24-12)13-4-7-15(22)8-5-13)20(27)26-23-11-14-6-9-16(28-2)10-17(14)29-3/h4-11,19H,1-3H3,(H,26,27)(H2,24,25,30)/b23-11+. The molecule has 0 aromatic heterocycles. The molecule has 1 aliphatic heterocycles. The highest BCUT2D eigenvalue weighted by Crippen LogP contribution is 2.28. The minimum atomic E-state index is -0.429. The summed E-state index contributed by atoms with van der Waals surface area (Å²) in [4.78, 5) is 12.9. The number of methoxy groups -OCH3 is 2. The first-order valence-corrected chi connectivity index (χ1v) is 9.80. The lowest BCUT2D eigenvalue weighted by molar-refractivity contribution is -0.117. The lowest BCUT2D eigenvalue weighted by Gasteiger charge is -2.30. The Hall–Kier alpha value is -3.10. The van der Waals surface area contributed by atoms with Crippen LogP contribution >= 0.6 is 23.8 Å². The zero-order valence-corrected chi connectivity index (χ0v) is 18.2. The van der Waals surface area contributed by atoms with E-state index in [1.54, 1.807) is 51.5 Å². The molecule has 0 aliphatic carbocycles. The van der Waals surface area contributed by atoms with Crippen LogP contribution in [-0.4, -0.2) is 31.5 Å². The first kappa shape index (κ1) is 21.6. The van der Waals surface area contributed by atoms with Crippen molar-refractivity contribution in [1.82, 2.24) is 16.1 Å². The molecule has 0 bridgehead atoms. The molecule has 1 unspecified atom stereocenters. The van der Waals surface area contributed by atoms with E-state index in [-0.39, 0.29) is 5.91 Å². The Balaban J connectivity index is 1.82. The molecule has 0 saturated carbocycles. The summed E-state index contributed by atoms with van der Waals surface area (Å²) in [6.07, 6.45) is 1.51. The Morgan fingerprint density at radius 3 is 2.60 bits per heavy atom. The molecular weight excluding hydrogens is 424 g/mol. The molecule has 0 fully saturated rings. The molecule has 3 N–H and O–H groups in total. The molecule has 3 rings (SSSR count). The van der Waals surface area contributed by atoms with Crippen LogP contribution in [0.25, 0.3) is 0 Å². The summed E-state index contributed by atoms with van der Waals surface area (Å²) in [5.74, 6) is 0.877. The van der Waals surface area contributed by atoms with E-state index in [1.165, 1.54) is 6.21 Å². The van der Waals surface area contributed by atoms with E-state index < -0.39 is 6.04 Å². The molecule has 30 heavy (non-hydrogen) atoms. The number of benzene rings is 2. The topological polar surface area (TPSA) is 84.0 Å². The summed E-state index contributed by atoms with van der Waals surface area (Å²) in [6, 6.07) is 12.1. The van der Waals surface area contributed by atoms with Crippen molar-refractivity contribution in [2.45, 2.75) is 13.0 Å². The number of hydrogen-bond acceptors (Lipinski definition) is 5. The number of hydrogen-bond donors (Lipinski definition) is 3. The van der Waals surface area contributed by atoms with Crippen LogP contribution in [0.5, 0.6) is 11.5 Å². The summed E-state index contributed by atoms with van der Waals surface area (Å²) in [7, 11) is 3.13. The summed E-state index contributed by atoms with van der Waals surface area (Å²) in [5.41, 5.74) is 5.25. The van der Waals surface area contributed by atoms with Crippen molar-refractivity contribution >= 4 is 41.1 Å². The predicted molar refractivity (Wildman–Crippen MR) is 121 cm³/mol. The van der Waals surface area contributed by atoms with Crippen molar-refractivity contribution < 1.29 is 14.3 Å². The van der Waals surface area contributed by atoms with Crippen LogP contribution < -0.4 is 25.5 Å². The lowest BCUT2D eigenvalue weighted by atomic mass is 9.95. The highest BCUT2D eigenvalue weighted by molar-refractivity contribution is 7.80. The normalized spacial score (nSPS) is 16.1. The summed E-state index contributed by atoms with van der Waals surface area (Å²) < 4.78 is 10.5. The zero-order chi connectivity index (χ0) is 21.7. The molecule has 1 atom stereocenters. The number of carbonyl (C=O) groups is 1. The quantitative estimate of drug-likeness (QED) is 0.360. The van der Waals surface area contributed by atoms with Crippen molar-refractivity contribution in [3.05, 3.63) is 69.9 Å². The van der Waals surface area contributed by atoms with Gasteiger partial charge in [0.15, 0.2) is 5.11 Å². The average Bonchev–Trinajstić information content (AvgIpc) is 2.73. The number of halogens is 1. The molecule has 0 radical (unpaired) electrons. The van der Waals surface area contributed by atoms with Gasteiger partial charge in [-0.15, -0.1) is 0 Å². The van der Waals surface area contributed by atoms with Gasteiger partial charge >= 0.3 is 0 Å². The van der Waals surface area contributed by atoms with Crippen LogP contribution in [0.1, 0.15) is 24.1 Å². The molecule has 156 valence electrons. The van der Waals surface area contributed by atoms with Gasteiger partial charge in [0, 0.05) is 22.3 Å². The molecule has 7 nitrogen and oxygen atoms in total. The van der Waals surface area contributed by atoms with Gasteiger partial charge in [-0.25, -0.2) is 5.43 Å². The average molecular weight is 445 g/mol. The van der Waals surface area contributed by atoms with Gasteiger partial charge in [0.05, 0.1) is 32.0 Å². The SMILES string of the molecule is COc1ccc(/C=N/NC(=O)C2=C(C)NC(=S)NC2c2ccc(Cl)cc2)c(OC)c1. The van der Waals surface area contributed by atoms with Crippen LogP contribution in [-0.2, 0) is 4.79 Å². The monoisotopic (exact) mass is 444 g/mol. The fraction of sp³-hybridized carbons (Fsp3) is 0.190. The third kappa shape index (κ3) is 4.90. The molecule has 2 aromatic rings. The van der Waals surface area contributed by atoms with Gasteiger partial charge in [-0.05, 0) is 49.0 Å². The number of nitrogens with one attached hydrogen (secondary N) is 3. The zero-order valence-electron chi connectivity index (χ0n) is 16.7. The third-order valence-corrected chi connectivity index (χ3v) is 5.00. The summed E-state index contributed by atoms with van der Waals surface area (Å²) in [6.45, 7) is 1.79. The Kier molecular flexibility index (Phi) is 6.91. The molecule has 0 spiro atoms. The summed E-state index contributed by atoms with van der Waals surface area (Å²) in [5, 5.41) is 11.3. The van der Waals surface area contributed by atoms with Crippen LogP contribution in [0.2, 0.25) is 5.02 Å². The third-order valence-electron chi connectivity index (χ3n) is 4.53. The first-order valence-electron chi connectivity index (χ1n) is 9.02. The van der Waals surface area contributed by atoms with E-state index in [1.807, 2.05) is 12.1 Å². The van der Waals surface area contributed by atoms with Crippen molar-refractivity contribution in [2.24, 2.45) is 5.10 Å². The fourth-order valence-electron chi connectivity index (χ4n) is 3.05. The van der Waals surface area contributed by atoms with Crippen LogP contribution in [0.3, 0.4) is 0 Å². The Morgan fingerprint density at radius 2 is 1.93 bits per heavy atom. The van der Waals surface area contributed by atoms with E-state index >= 15 is 0 Å².